The van der Waals surface area contributed by atoms with E-state index in [4.69, 9.17) is 5.11 Å². The van der Waals surface area contributed by atoms with E-state index in [1.807, 2.05) is 6.92 Å². The fourth-order valence-electron chi connectivity index (χ4n) is 1.68. The zero-order valence-electron chi connectivity index (χ0n) is 8.06. The maximum Gasteiger partial charge on any atom is 0.309 e. The summed E-state index contributed by atoms with van der Waals surface area (Å²) in [5.74, 6) is -1.87. The van der Waals surface area contributed by atoms with E-state index in [2.05, 4.69) is 10.3 Å². The molecule has 1 aliphatic heterocycles. The van der Waals surface area contributed by atoms with Crippen LogP contribution in [0.4, 0.5) is 0 Å². The third-order valence-electron chi connectivity index (χ3n) is 2.40. The van der Waals surface area contributed by atoms with Gasteiger partial charge in [-0.15, -0.1) is 11.3 Å². The second-order valence-electron chi connectivity index (χ2n) is 3.49. The number of aliphatic carboxylic acids is 1. The van der Waals surface area contributed by atoms with E-state index < -0.39 is 17.9 Å². The molecular formula is C9H10N2O3S. The van der Waals surface area contributed by atoms with Crippen LogP contribution in [0.15, 0.2) is 5.38 Å². The molecule has 0 aromatic carbocycles. The molecule has 80 valence electrons. The quantitative estimate of drug-likeness (QED) is 0.778. The van der Waals surface area contributed by atoms with Crippen molar-refractivity contribution in [3.05, 3.63) is 16.1 Å². The highest BCUT2D eigenvalue weighted by atomic mass is 32.1. The molecule has 0 aliphatic carbocycles. The summed E-state index contributed by atoms with van der Waals surface area (Å²) in [5.41, 5.74) is 0.649. The van der Waals surface area contributed by atoms with Gasteiger partial charge < -0.3 is 10.4 Å². The average Bonchev–Trinajstić information content (AvgIpc) is 2.71. The lowest BCUT2D eigenvalue weighted by Crippen LogP contribution is -2.24. The highest BCUT2D eigenvalue weighted by molar-refractivity contribution is 7.09. The smallest absolute Gasteiger partial charge is 0.309 e. The number of nitrogens with zero attached hydrogens (tertiary/aromatic N) is 1. The van der Waals surface area contributed by atoms with E-state index in [9.17, 15) is 9.59 Å². The Labute approximate surface area is 90.1 Å². The van der Waals surface area contributed by atoms with Crippen molar-refractivity contribution >= 4 is 23.2 Å². The first kappa shape index (κ1) is 10.1. The predicted octanol–water partition coefficient (Wildman–Crippen LogP) is 0.713. The SMILES string of the molecule is Cc1nc(C2NC(=O)CC2C(=O)O)cs1. The van der Waals surface area contributed by atoms with Crippen molar-refractivity contribution in [2.75, 3.05) is 0 Å². The highest BCUT2D eigenvalue weighted by Crippen LogP contribution is 2.30. The molecule has 2 unspecified atom stereocenters. The van der Waals surface area contributed by atoms with Gasteiger partial charge in [0.15, 0.2) is 0 Å². The van der Waals surface area contributed by atoms with E-state index >= 15 is 0 Å². The first-order valence-corrected chi connectivity index (χ1v) is 5.40. The number of carbonyl (C=O) groups is 2. The second-order valence-corrected chi connectivity index (χ2v) is 4.55. The fraction of sp³-hybridized carbons (Fsp3) is 0.444. The molecule has 1 saturated heterocycles. The van der Waals surface area contributed by atoms with Crippen molar-refractivity contribution in [2.45, 2.75) is 19.4 Å². The summed E-state index contributed by atoms with van der Waals surface area (Å²) < 4.78 is 0. The summed E-state index contributed by atoms with van der Waals surface area (Å²) >= 11 is 1.45. The summed E-state index contributed by atoms with van der Waals surface area (Å²) in [4.78, 5) is 26.3. The van der Waals surface area contributed by atoms with Gasteiger partial charge in [-0.3, -0.25) is 9.59 Å². The van der Waals surface area contributed by atoms with Crippen molar-refractivity contribution in [3.8, 4) is 0 Å². The van der Waals surface area contributed by atoms with Gasteiger partial charge in [0.1, 0.15) is 0 Å². The summed E-state index contributed by atoms with van der Waals surface area (Å²) in [6.45, 7) is 1.85. The highest BCUT2D eigenvalue weighted by Gasteiger charge is 2.39. The number of aromatic nitrogens is 1. The Hall–Kier alpha value is -1.43. The van der Waals surface area contributed by atoms with E-state index in [-0.39, 0.29) is 12.3 Å². The number of carbonyl (C=O) groups excluding carboxylic acids is 1. The third kappa shape index (κ3) is 1.85. The number of thiazole rings is 1. The Morgan fingerprint density at radius 3 is 3.00 bits per heavy atom. The van der Waals surface area contributed by atoms with Crippen LogP contribution in [0, 0.1) is 12.8 Å². The Bertz CT molecular complexity index is 415. The van der Waals surface area contributed by atoms with Gasteiger partial charge in [-0.25, -0.2) is 4.98 Å². The molecule has 6 heteroatoms. The number of amides is 1. The molecule has 2 heterocycles. The van der Waals surface area contributed by atoms with Gasteiger partial charge in [0.05, 0.1) is 22.7 Å². The third-order valence-corrected chi connectivity index (χ3v) is 3.19. The van der Waals surface area contributed by atoms with Crippen LogP contribution in [-0.4, -0.2) is 22.0 Å². The molecule has 1 aromatic heterocycles. The van der Waals surface area contributed by atoms with Gasteiger partial charge in [0.25, 0.3) is 0 Å². The van der Waals surface area contributed by atoms with Gasteiger partial charge in [-0.2, -0.15) is 0 Å². The van der Waals surface area contributed by atoms with Crippen LogP contribution in [0.1, 0.15) is 23.2 Å². The standard InChI is InChI=1S/C9H10N2O3S/c1-4-10-6(3-15-4)8-5(9(13)14)2-7(12)11-8/h3,5,8H,2H2,1H3,(H,11,12)(H,13,14). The van der Waals surface area contributed by atoms with Crippen molar-refractivity contribution < 1.29 is 14.7 Å². The maximum atomic E-state index is 11.1. The van der Waals surface area contributed by atoms with E-state index in [1.54, 1.807) is 5.38 Å². The summed E-state index contributed by atoms with van der Waals surface area (Å²) in [5, 5.41) is 14.3. The van der Waals surface area contributed by atoms with Crippen molar-refractivity contribution in [2.24, 2.45) is 5.92 Å². The largest absolute Gasteiger partial charge is 0.481 e. The van der Waals surface area contributed by atoms with Gasteiger partial charge in [0.2, 0.25) is 5.91 Å². The van der Waals surface area contributed by atoms with Crippen LogP contribution in [0.3, 0.4) is 0 Å². The first-order valence-electron chi connectivity index (χ1n) is 4.52. The normalized spacial score (nSPS) is 25.3. The van der Waals surface area contributed by atoms with Gasteiger partial charge in [-0.1, -0.05) is 0 Å². The minimum atomic E-state index is -0.955. The van der Waals surface area contributed by atoms with Crippen molar-refractivity contribution in [1.29, 1.82) is 0 Å². The Morgan fingerprint density at radius 2 is 2.47 bits per heavy atom. The number of rotatable bonds is 2. The summed E-state index contributed by atoms with van der Waals surface area (Å²) in [6.07, 6.45) is 0.0383. The molecule has 1 fully saturated rings. The van der Waals surface area contributed by atoms with Crippen LogP contribution in [0.2, 0.25) is 0 Å². The van der Waals surface area contributed by atoms with Gasteiger partial charge in [0, 0.05) is 11.8 Å². The van der Waals surface area contributed by atoms with Crippen LogP contribution >= 0.6 is 11.3 Å². The summed E-state index contributed by atoms with van der Waals surface area (Å²) in [6, 6.07) is -0.472. The second kappa shape index (κ2) is 3.62. The molecule has 2 N–H and O–H groups in total. The number of aryl methyl sites for hydroxylation is 1. The Balaban J connectivity index is 2.27. The Morgan fingerprint density at radius 1 is 1.73 bits per heavy atom. The lowest BCUT2D eigenvalue weighted by atomic mass is 9.99. The molecular weight excluding hydrogens is 216 g/mol. The zero-order valence-corrected chi connectivity index (χ0v) is 8.87. The number of carboxylic acids is 1. The molecule has 15 heavy (non-hydrogen) atoms. The van der Waals surface area contributed by atoms with E-state index in [0.29, 0.717) is 5.69 Å². The number of nitrogens with one attached hydrogen (secondary N) is 1. The minimum absolute atomic E-state index is 0.0383. The molecule has 1 aromatic rings. The molecule has 5 nitrogen and oxygen atoms in total. The minimum Gasteiger partial charge on any atom is -0.481 e. The molecule has 0 spiro atoms. The molecule has 1 aliphatic rings. The van der Waals surface area contributed by atoms with E-state index in [0.717, 1.165) is 5.01 Å². The average molecular weight is 226 g/mol. The predicted molar refractivity (Wildman–Crippen MR) is 53.5 cm³/mol. The maximum absolute atomic E-state index is 11.1. The van der Waals surface area contributed by atoms with Crippen LogP contribution in [-0.2, 0) is 9.59 Å². The van der Waals surface area contributed by atoms with Crippen LogP contribution in [0.5, 0.6) is 0 Å². The van der Waals surface area contributed by atoms with E-state index in [1.165, 1.54) is 11.3 Å². The molecule has 0 bridgehead atoms. The monoisotopic (exact) mass is 226 g/mol. The number of carboxylic acid groups (broad SMARTS) is 1. The molecule has 2 rings (SSSR count). The lowest BCUT2D eigenvalue weighted by Gasteiger charge is -2.12. The molecule has 0 saturated carbocycles. The first-order chi connectivity index (χ1) is 7.08. The molecule has 2 atom stereocenters. The zero-order chi connectivity index (χ0) is 11.0. The summed E-state index contributed by atoms with van der Waals surface area (Å²) in [7, 11) is 0. The lowest BCUT2D eigenvalue weighted by molar-refractivity contribution is -0.142. The number of hydrogen-bond donors (Lipinski definition) is 2. The topological polar surface area (TPSA) is 79.3 Å². The van der Waals surface area contributed by atoms with Gasteiger partial charge in [-0.05, 0) is 6.92 Å². The van der Waals surface area contributed by atoms with Crippen molar-refractivity contribution in [3.63, 3.8) is 0 Å². The van der Waals surface area contributed by atoms with Gasteiger partial charge >= 0.3 is 5.97 Å². The Kier molecular flexibility index (Phi) is 2.44. The fourth-order valence-corrected chi connectivity index (χ4v) is 2.33. The molecule has 1 amide bonds. The number of hydrogen-bond acceptors (Lipinski definition) is 4. The van der Waals surface area contributed by atoms with Crippen molar-refractivity contribution in [1.82, 2.24) is 10.3 Å². The van der Waals surface area contributed by atoms with Crippen LogP contribution in [0.25, 0.3) is 0 Å². The molecule has 0 radical (unpaired) electrons. The van der Waals surface area contributed by atoms with Crippen LogP contribution < -0.4 is 5.32 Å².